The second-order valence-electron chi connectivity index (χ2n) is 6.42. The maximum Gasteiger partial charge on any atom is 0.320 e. The van der Waals surface area contributed by atoms with Crippen molar-refractivity contribution in [3.05, 3.63) is 82.1 Å². The fourth-order valence-corrected chi connectivity index (χ4v) is 3.81. The predicted molar refractivity (Wildman–Crippen MR) is 109 cm³/mol. The van der Waals surface area contributed by atoms with E-state index in [2.05, 4.69) is 27.3 Å². The summed E-state index contributed by atoms with van der Waals surface area (Å²) in [5.41, 5.74) is 3.06. The Balaban J connectivity index is 1.45. The molecule has 4 rings (SSSR count). The van der Waals surface area contributed by atoms with Crippen LogP contribution in [0.3, 0.4) is 0 Å². The van der Waals surface area contributed by atoms with E-state index in [0.717, 1.165) is 21.7 Å². The Labute approximate surface area is 170 Å². The standard InChI is InChI=1S/C21H18F2N4OS/c1-14(20-25-17-9-5-6-10-18(17)27(20)21(22)23)26-28-12-16-13-29-19(24-16)11-15-7-3-2-4-8-15/h2-10,13,21H,11-12H2,1H3/b26-14-. The molecule has 0 aliphatic rings. The number of alkyl halides is 2. The Morgan fingerprint density at radius 1 is 1.10 bits per heavy atom. The van der Waals surface area contributed by atoms with Crippen molar-refractivity contribution < 1.29 is 13.6 Å². The molecule has 29 heavy (non-hydrogen) atoms. The molecule has 148 valence electrons. The Bertz CT molecular complexity index is 1140. The number of nitrogens with zero attached hydrogens (tertiary/aromatic N) is 4. The molecular weight excluding hydrogens is 394 g/mol. The van der Waals surface area contributed by atoms with E-state index in [1.807, 2.05) is 23.6 Å². The van der Waals surface area contributed by atoms with Crippen LogP contribution in [0.25, 0.3) is 11.0 Å². The maximum absolute atomic E-state index is 13.5. The lowest BCUT2D eigenvalue weighted by Gasteiger charge is -2.07. The molecule has 0 fully saturated rings. The van der Waals surface area contributed by atoms with E-state index in [4.69, 9.17) is 4.84 Å². The molecule has 2 aromatic heterocycles. The van der Waals surface area contributed by atoms with Crippen LogP contribution in [0.1, 0.15) is 35.6 Å². The molecule has 5 nitrogen and oxygen atoms in total. The topological polar surface area (TPSA) is 52.3 Å². The largest absolute Gasteiger partial charge is 0.389 e. The first-order chi connectivity index (χ1) is 14.1. The van der Waals surface area contributed by atoms with Gasteiger partial charge in [-0.2, -0.15) is 8.78 Å². The van der Waals surface area contributed by atoms with Gasteiger partial charge in [-0.1, -0.05) is 47.6 Å². The van der Waals surface area contributed by atoms with Gasteiger partial charge in [-0.25, -0.2) is 9.97 Å². The van der Waals surface area contributed by atoms with E-state index < -0.39 is 6.55 Å². The van der Waals surface area contributed by atoms with E-state index in [1.165, 1.54) is 5.56 Å². The van der Waals surface area contributed by atoms with Crippen LogP contribution in [-0.2, 0) is 17.9 Å². The maximum atomic E-state index is 13.5. The zero-order valence-electron chi connectivity index (χ0n) is 15.6. The molecule has 0 spiro atoms. The first kappa shape index (κ1) is 19.2. The summed E-state index contributed by atoms with van der Waals surface area (Å²) < 4.78 is 27.9. The van der Waals surface area contributed by atoms with Gasteiger partial charge in [0.05, 0.1) is 21.7 Å². The third-order valence-corrected chi connectivity index (χ3v) is 5.22. The minimum atomic E-state index is -2.72. The lowest BCUT2D eigenvalue weighted by Crippen LogP contribution is -2.10. The number of rotatable bonds is 7. The van der Waals surface area contributed by atoms with Crippen molar-refractivity contribution in [1.29, 1.82) is 0 Å². The van der Waals surface area contributed by atoms with Gasteiger partial charge in [0.1, 0.15) is 5.71 Å². The van der Waals surface area contributed by atoms with Crippen molar-refractivity contribution in [3.63, 3.8) is 0 Å². The number of aromatic nitrogens is 3. The molecule has 8 heteroatoms. The van der Waals surface area contributed by atoms with Crippen LogP contribution in [0.15, 0.2) is 65.1 Å². The van der Waals surface area contributed by atoms with Gasteiger partial charge in [-0.15, -0.1) is 11.3 Å². The normalized spacial score (nSPS) is 12.1. The first-order valence-corrected chi connectivity index (χ1v) is 9.89. The van der Waals surface area contributed by atoms with Crippen LogP contribution in [0, 0.1) is 0 Å². The van der Waals surface area contributed by atoms with Gasteiger partial charge >= 0.3 is 6.55 Å². The molecule has 0 amide bonds. The molecule has 0 atom stereocenters. The molecule has 0 unspecified atom stereocenters. The van der Waals surface area contributed by atoms with Crippen molar-refractivity contribution in [2.45, 2.75) is 26.5 Å². The Kier molecular flexibility index (Phi) is 5.62. The molecule has 0 aliphatic carbocycles. The highest BCUT2D eigenvalue weighted by Crippen LogP contribution is 2.23. The number of hydrogen-bond donors (Lipinski definition) is 0. The highest BCUT2D eigenvalue weighted by atomic mass is 32.1. The molecule has 0 aliphatic heterocycles. The minimum absolute atomic E-state index is 0.0873. The van der Waals surface area contributed by atoms with E-state index in [9.17, 15) is 8.78 Å². The van der Waals surface area contributed by atoms with Crippen LogP contribution < -0.4 is 0 Å². The Morgan fingerprint density at radius 2 is 1.86 bits per heavy atom. The Morgan fingerprint density at radius 3 is 2.66 bits per heavy atom. The molecule has 0 radical (unpaired) electrons. The van der Waals surface area contributed by atoms with E-state index in [-0.39, 0.29) is 18.1 Å². The zero-order valence-corrected chi connectivity index (χ0v) is 16.4. The number of benzene rings is 2. The quantitative estimate of drug-likeness (QED) is 0.301. The zero-order chi connectivity index (χ0) is 20.2. The van der Waals surface area contributed by atoms with Gasteiger partial charge in [0.15, 0.2) is 12.4 Å². The lowest BCUT2D eigenvalue weighted by molar-refractivity contribution is 0.0735. The fourth-order valence-electron chi connectivity index (χ4n) is 3.00. The van der Waals surface area contributed by atoms with Crippen LogP contribution in [-0.4, -0.2) is 20.2 Å². The molecule has 0 bridgehead atoms. The smallest absolute Gasteiger partial charge is 0.320 e. The highest BCUT2D eigenvalue weighted by molar-refractivity contribution is 7.09. The summed E-state index contributed by atoms with van der Waals surface area (Å²) in [5.74, 6) is 0.0873. The van der Waals surface area contributed by atoms with E-state index >= 15 is 0 Å². The van der Waals surface area contributed by atoms with Crippen LogP contribution >= 0.6 is 11.3 Å². The first-order valence-electron chi connectivity index (χ1n) is 9.01. The molecule has 0 saturated heterocycles. The van der Waals surface area contributed by atoms with Crippen molar-refractivity contribution in [1.82, 2.24) is 14.5 Å². The molecule has 4 aromatic rings. The summed E-state index contributed by atoms with van der Waals surface area (Å²) in [4.78, 5) is 14.2. The summed E-state index contributed by atoms with van der Waals surface area (Å²) in [6.45, 7) is -0.957. The van der Waals surface area contributed by atoms with Gasteiger partial charge in [-0.3, -0.25) is 4.57 Å². The van der Waals surface area contributed by atoms with Crippen LogP contribution in [0.5, 0.6) is 0 Å². The number of oxime groups is 1. The average Bonchev–Trinajstić information content (AvgIpc) is 3.33. The number of fused-ring (bicyclic) bond motifs is 1. The fraction of sp³-hybridized carbons (Fsp3) is 0.190. The van der Waals surface area contributed by atoms with Gasteiger partial charge in [-0.05, 0) is 24.6 Å². The summed E-state index contributed by atoms with van der Waals surface area (Å²) in [6, 6.07) is 16.8. The average molecular weight is 412 g/mol. The number of imidazole rings is 1. The Hall–Kier alpha value is -3.13. The number of thiazole rings is 1. The second-order valence-corrected chi connectivity index (χ2v) is 7.36. The number of para-hydroxylation sites is 2. The summed E-state index contributed by atoms with van der Waals surface area (Å²) in [6.07, 6.45) is 0.756. The highest BCUT2D eigenvalue weighted by Gasteiger charge is 2.19. The summed E-state index contributed by atoms with van der Waals surface area (Å²) >= 11 is 1.55. The van der Waals surface area contributed by atoms with Crippen molar-refractivity contribution in [3.8, 4) is 0 Å². The predicted octanol–water partition coefficient (Wildman–Crippen LogP) is 5.42. The molecule has 2 heterocycles. The van der Waals surface area contributed by atoms with E-state index in [0.29, 0.717) is 11.0 Å². The molecule has 2 aromatic carbocycles. The number of halogens is 2. The van der Waals surface area contributed by atoms with Gasteiger partial charge in [0, 0.05) is 11.8 Å². The monoisotopic (exact) mass is 412 g/mol. The lowest BCUT2D eigenvalue weighted by atomic mass is 10.2. The van der Waals surface area contributed by atoms with Gasteiger partial charge in [0.2, 0.25) is 0 Å². The van der Waals surface area contributed by atoms with Gasteiger partial charge < -0.3 is 4.84 Å². The van der Waals surface area contributed by atoms with Crippen molar-refractivity contribution in [2.24, 2.45) is 5.16 Å². The van der Waals surface area contributed by atoms with Gasteiger partial charge in [0.25, 0.3) is 0 Å². The minimum Gasteiger partial charge on any atom is -0.389 e. The van der Waals surface area contributed by atoms with Crippen molar-refractivity contribution >= 4 is 28.1 Å². The summed E-state index contributed by atoms with van der Waals surface area (Å²) in [7, 11) is 0. The van der Waals surface area contributed by atoms with Crippen molar-refractivity contribution in [2.75, 3.05) is 0 Å². The number of hydrogen-bond acceptors (Lipinski definition) is 5. The third-order valence-electron chi connectivity index (χ3n) is 4.33. The van der Waals surface area contributed by atoms with E-state index in [1.54, 1.807) is 42.5 Å². The molecule has 0 saturated carbocycles. The van der Waals surface area contributed by atoms with Crippen LogP contribution in [0.2, 0.25) is 0 Å². The third kappa shape index (κ3) is 4.32. The molecular formula is C21H18F2N4OS. The second kappa shape index (κ2) is 8.48. The SMILES string of the molecule is C/C(=N/OCc1csc(Cc2ccccc2)n1)c1nc2ccccc2n1C(F)F. The summed E-state index contributed by atoms with van der Waals surface area (Å²) in [5, 5.41) is 6.88. The molecule has 0 N–H and O–H groups in total. The van der Waals surface area contributed by atoms with Crippen LogP contribution in [0.4, 0.5) is 8.78 Å².